The van der Waals surface area contributed by atoms with Gasteiger partial charge in [-0.3, -0.25) is 4.79 Å². The van der Waals surface area contributed by atoms with Gasteiger partial charge in [-0.2, -0.15) is 0 Å². The zero-order valence-corrected chi connectivity index (χ0v) is 11.4. The summed E-state index contributed by atoms with van der Waals surface area (Å²) in [6.07, 6.45) is 4.82. The van der Waals surface area contributed by atoms with E-state index in [1.807, 2.05) is 4.90 Å². The summed E-state index contributed by atoms with van der Waals surface area (Å²) in [7, 11) is 0. The van der Waals surface area contributed by atoms with E-state index in [-0.39, 0.29) is 23.8 Å². The average molecular weight is 255 g/mol. The standard InChI is InChI=1S/C14H25NO3/c1-2-14(11-16)5-7-15(8-6-14)13(17)12-4-3-9-18-10-12/h12,16H,2-11H2,1H3. The molecule has 0 bridgehead atoms. The molecule has 2 heterocycles. The lowest BCUT2D eigenvalue weighted by Gasteiger charge is -2.41. The van der Waals surface area contributed by atoms with Crippen molar-refractivity contribution in [1.82, 2.24) is 4.90 Å². The molecule has 0 saturated carbocycles. The van der Waals surface area contributed by atoms with Gasteiger partial charge in [-0.1, -0.05) is 6.92 Å². The van der Waals surface area contributed by atoms with Crippen LogP contribution in [0, 0.1) is 11.3 Å². The number of aliphatic hydroxyl groups excluding tert-OH is 1. The smallest absolute Gasteiger partial charge is 0.228 e. The van der Waals surface area contributed by atoms with Crippen LogP contribution in [0.5, 0.6) is 0 Å². The van der Waals surface area contributed by atoms with Gasteiger partial charge in [0.25, 0.3) is 0 Å². The summed E-state index contributed by atoms with van der Waals surface area (Å²) in [6, 6.07) is 0. The molecule has 0 radical (unpaired) electrons. The Morgan fingerprint density at radius 2 is 2.17 bits per heavy atom. The fourth-order valence-electron chi connectivity index (χ4n) is 3.02. The first kappa shape index (κ1) is 13.8. The van der Waals surface area contributed by atoms with Gasteiger partial charge >= 0.3 is 0 Å². The predicted molar refractivity (Wildman–Crippen MR) is 69.2 cm³/mol. The molecule has 1 unspecified atom stereocenters. The maximum atomic E-state index is 12.3. The van der Waals surface area contributed by atoms with E-state index in [4.69, 9.17) is 4.74 Å². The zero-order chi connectivity index (χ0) is 13.0. The minimum atomic E-state index is 0.0554. The number of carbonyl (C=O) groups excluding carboxylic acids is 1. The first-order chi connectivity index (χ1) is 8.71. The van der Waals surface area contributed by atoms with Crippen LogP contribution >= 0.6 is 0 Å². The van der Waals surface area contributed by atoms with Crippen molar-refractivity contribution in [2.24, 2.45) is 11.3 Å². The van der Waals surface area contributed by atoms with Crippen molar-refractivity contribution in [1.29, 1.82) is 0 Å². The quantitative estimate of drug-likeness (QED) is 0.830. The highest BCUT2D eigenvalue weighted by atomic mass is 16.5. The molecule has 2 fully saturated rings. The van der Waals surface area contributed by atoms with E-state index in [1.165, 1.54) is 0 Å². The molecule has 0 aromatic heterocycles. The number of ether oxygens (including phenoxy) is 1. The molecule has 2 saturated heterocycles. The average Bonchev–Trinajstić information content (AvgIpc) is 2.47. The summed E-state index contributed by atoms with van der Waals surface area (Å²) in [5.41, 5.74) is 0.0554. The van der Waals surface area contributed by atoms with Crippen LogP contribution in [0.2, 0.25) is 0 Å². The maximum Gasteiger partial charge on any atom is 0.228 e. The molecule has 0 spiro atoms. The van der Waals surface area contributed by atoms with Crippen LogP contribution in [0.1, 0.15) is 39.0 Å². The van der Waals surface area contributed by atoms with Crippen molar-refractivity contribution in [2.75, 3.05) is 32.9 Å². The van der Waals surface area contributed by atoms with Gasteiger partial charge in [0.1, 0.15) is 0 Å². The van der Waals surface area contributed by atoms with Crippen LogP contribution in [-0.4, -0.2) is 48.8 Å². The molecular weight excluding hydrogens is 230 g/mol. The Hall–Kier alpha value is -0.610. The number of likely N-dealkylation sites (tertiary alicyclic amines) is 1. The van der Waals surface area contributed by atoms with Gasteiger partial charge in [0.05, 0.1) is 12.5 Å². The number of carbonyl (C=O) groups is 1. The number of rotatable bonds is 3. The summed E-state index contributed by atoms with van der Waals surface area (Å²) in [5.74, 6) is 0.333. The van der Waals surface area contributed by atoms with E-state index in [0.717, 1.165) is 51.8 Å². The number of hydrogen-bond donors (Lipinski definition) is 1. The minimum absolute atomic E-state index is 0.0554. The van der Waals surface area contributed by atoms with Crippen LogP contribution in [0.25, 0.3) is 0 Å². The Labute approximate surface area is 109 Å². The fraction of sp³-hybridized carbons (Fsp3) is 0.929. The Bertz CT molecular complexity index is 273. The lowest BCUT2D eigenvalue weighted by atomic mass is 9.77. The van der Waals surface area contributed by atoms with Gasteiger partial charge in [-0.15, -0.1) is 0 Å². The van der Waals surface area contributed by atoms with Crippen molar-refractivity contribution >= 4 is 5.91 Å². The molecule has 1 atom stereocenters. The molecule has 2 rings (SSSR count). The Morgan fingerprint density at radius 3 is 2.67 bits per heavy atom. The second-order valence-electron chi connectivity index (χ2n) is 5.75. The highest BCUT2D eigenvalue weighted by Crippen LogP contribution is 2.34. The molecule has 1 N–H and O–H groups in total. The van der Waals surface area contributed by atoms with E-state index in [9.17, 15) is 9.90 Å². The monoisotopic (exact) mass is 255 g/mol. The van der Waals surface area contributed by atoms with Crippen molar-refractivity contribution in [2.45, 2.75) is 39.0 Å². The molecule has 4 nitrogen and oxygen atoms in total. The molecule has 2 aliphatic heterocycles. The normalized spacial score (nSPS) is 28.1. The zero-order valence-electron chi connectivity index (χ0n) is 11.4. The molecule has 2 aliphatic rings. The van der Waals surface area contributed by atoms with Crippen molar-refractivity contribution in [3.8, 4) is 0 Å². The van der Waals surface area contributed by atoms with E-state index < -0.39 is 0 Å². The topological polar surface area (TPSA) is 49.8 Å². The van der Waals surface area contributed by atoms with Crippen molar-refractivity contribution in [3.05, 3.63) is 0 Å². The minimum Gasteiger partial charge on any atom is -0.396 e. The fourth-order valence-corrected chi connectivity index (χ4v) is 3.02. The largest absolute Gasteiger partial charge is 0.396 e. The number of piperidine rings is 1. The third-order valence-electron chi connectivity index (χ3n) is 4.73. The molecule has 104 valence electrons. The summed E-state index contributed by atoms with van der Waals surface area (Å²) in [6.45, 7) is 5.36. The molecule has 18 heavy (non-hydrogen) atoms. The van der Waals surface area contributed by atoms with Gasteiger partial charge in [0.2, 0.25) is 5.91 Å². The SMILES string of the molecule is CCC1(CO)CCN(C(=O)C2CCCOC2)CC1. The predicted octanol–water partition coefficient (Wildman–Crippen LogP) is 1.42. The molecular formula is C14H25NO3. The summed E-state index contributed by atoms with van der Waals surface area (Å²) in [5, 5.41) is 9.49. The molecule has 1 amide bonds. The lowest BCUT2D eigenvalue weighted by Crippen LogP contribution is -2.47. The third kappa shape index (κ3) is 2.86. The molecule has 4 heteroatoms. The number of nitrogens with zero attached hydrogens (tertiary/aromatic N) is 1. The molecule has 0 aromatic carbocycles. The van der Waals surface area contributed by atoms with Gasteiger partial charge in [0.15, 0.2) is 0 Å². The summed E-state index contributed by atoms with van der Waals surface area (Å²) < 4.78 is 5.39. The van der Waals surface area contributed by atoms with Crippen LogP contribution in [0.3, 0.4) is 0 Å². The van der Waals surface area contributed by atoms with Gasteiger partial charge in [-0.25, -0.2) is 0 Å². The van der Waals surface area contributed by atoms with E-state index in [1.54, 1.807) is 0 Å². The van der Waals surface area contributed by atoms with E-state index >= 15 is 0 Å². The summed E-state index contributed by atoms with van der Waals surface area (Å²) in [4.78, 5) is 14.3. The third-order valence-corrected chi connectivity index (χ3v) is 4.73. The van der Waals surface area contributed by atoms with Gasteiger partial charge in [-0.05, 0) is 37.5 Å². The Kier molecular flexibility index (Phi) is 4.62. The van der Waals surface area contributed by atoms with Crippen LogP contribution in [0.15, 0.2) is 0 Å². The first-order valence-electron chi connectivity index (χ1n) is 7.18. The van der Waals surface area contributed by atoms with Crippen molar-refractivity contribution in [3.63, 3.8) is 0 Å². The Morgan fingerprint density at radius 1 is 1.44 bits per heavy atom. The van der Waals surface area contributed by atoms with Gasteiger partial charge < -0.3 is 14.7 Å². The van der Waals surface area contributed by atoms with Crippen LogP contribution in [-0.2, 0) is 9.53 Å². The first-order valence-corrected chi connectivity index (χ1v) is 7.18. The Balaban J connectivity index is 1.87. The highest BCUT2D eigenvalue weighted by molar-refractivity contribution is 5.79. The van der Waals surface area contributed by atoms with Crippen molar-refractivity contribution < 1.29 is 14.6 Å². The lowest BCUT2D eigenvalue weighted by molar-refractivity contribution is -0.142. The summed E-state index contributed by atoms with van der Waals surface area (Å²) >= 11 is 0. The van der Waals surface area contributed by atoms with Crippen LogP contribution < -0.4 is 0 Å². The molecule has 0 aromatic rings. The van der Waals surface area contributed by atoms with Gasteiger partial charge in [0, 0.05) is 26.3 Å². The van der Waals surface area contributed by atoms with Crippen LogP contribution in [0.4, 0.5) is 0 Å². The van der Waals surface area contributed by atoms with E-state index in [0.29, 0.717) is 6.61 Å². The number of hydrogen-bond acceptors (Lipinski definition) is 3. The maximum absolute atomic E-state index is 12.3. The second-order valence-corrected chi connectivity index (χ2v) is 5.75. The molecule has 0 aliphatic carbocycles. The number of amides is 1. The van der Waals surface area contributed by atoms with E-state index in [2.05, 4.69) is 6.92 Å². The highest BCUT2D eigenvalue weighted by Gasteiger charge is 2.35. The second kappa shape index (κ2) is 6.02. The number of aliphatic hydroxyl groups is 1.